The smallest absolute Gasteiger partial charge is 0.252 e. The Morgan fingerprint density at radius 2 is 1.78 bits per heavy atom. The lowest BCUT2D eigenvalue weighted by atomic mass is 9.81. The number of benzene rings is 3. The molecular formula is C31H36N5O5+. The lowest BCUT2D eigenvalue weighted by Gasteiger charge is -2.31. The Balaban J connectivity index is 1.77. The molecule has 1 aliphatic rings. The van der Waals surface area contributed by atoms with Gasteiger partial charge in [-0.25, -0.2) is 4.99 Å². The maximum atomic E-state index is 14.2. The number of carbonyl (C=O) groups excluding carboxylic acids is 1. The van der Waals surface area contributed by atoms with E-state index in [0.29, 0.717) is 49.8 Å². The lowest BCUT2D eigenvalue weighted by Crippen LogP contribution is -2.50. The number of aliphatic hydroxyl groups is 1. The number of hydrogen-bond donors (Lipinski definition) is 3. The third-order valence-corrected chi connectivity index (χ3v) is 6.83. The van der Waals surface area contributed by atoms with Crippen molar-refractivity contribution >= 4 is 11.8 Å². The van der Waals surface area contributed by atoms with E-state index in [9.17, 15) is 4.79 Å². The van der Waals surface area contributed by atoms with E-state index in [1.165, 1.54) is 0 Å². The zero-order valence-electron chi connectivity index (χ0n) is 23.2. The second-order valence-electron chi connectivity index (χ2n) is 9.65. The van der Waals surface area contributed by atoms with Crippen molar-refractivity contribution in [2.24, 2.45) is 10.1 Å². The van der Waals surface area contributed by atoms with Crippen LogP contribution >= 0.6 is 0 Å². The fraction of sp³-hybridized carbons (Fsp3) is 0.355. The molecule has 0 saturated heterocycles. The molecular weight excluding hydrogens is 522 g/mol. The first-order valence-corrected chi connectivity index (χ1v) is 13.6. The number of aliphatic hydroxyl groups excluding tert-OH is 1. The van der Waals surface area contributed by atoms with Crippen LogP contribution in [-0.4, -0.2) is 55.9 Å². The van der Waals surface area contributed by atoms with Crippen molar-refractivity contribution in [3.63, 3.8) is 0 Å². The normalized spacial score (nSPS) is 17.7. The average Bonchev–Trinajstić information content (AvgIpc) is 3.40. The fourth-order valence-corrected chi connectivity index (χ4v) is 4.77. The van der Waals surface area contributed by atoms with Gasteiger partial charge in [0.1, 0.15) is 22.9 Å². The van der Waals surface area contributed by atoms with Gasteiger partial charge >= 0.3 is 0 Å². The summed E-state index contributed by atoms with van der Waals surface area (Å²) in [7, 11) is 1.63. The first-order chi connectivity index (χ1) is 20.1. The molecule has 0 aromatic heterocycles. The molecule has 0 bridgehead atoms. The third-order valence-electron chi connectivity index (χ3n) is 6.83. The van der Waals surface area contributed by atoms with Crippen LogP contribution in [0.15, 0.2) is 89.0 Å². The van der Waals surface area contributed by atoms with Gasteiger partial charge < -0.3 is 24.6 Å². The maximum Gasteiger partial charge on any atom is 0.252 e. The second kappa shape index (κ2) is 14.9. The Morgan fingerprint density at radius 3 is 2.49 bits per heavy atom. The van der Waals surface area contributed by atoms with Gasteiger partial charge in [0.05, 0.1) is 6.61 Å². The highest BCUT2D eigenvalue weighted by Gasteiger charge is 2.53. The second-order valence-corrected chi connectivity index (χ2v) is 9.65. The third kappa shape index (κ3) is 7.43. The van der Waals surface area contributed by atoms with E-state index in [1.807, 2.05) is 78.9 Å². The Kier molecular flexibility index (Phi) is 10.7. The summed E-state index contributed by atoms with van der Waals surface area (Å²) in [6.07, 6.45) is 0.748. The molecule has 0 saturated carbocycles. The van der Waals surface area contributed by atoms with E-state index in [4.69, 9.17) is 29.8 Å². The Labute approximate surface area is 239 Å². The first-order valence-electron chi connectivity index (χ1n) is 13.6. The predicted octanol–water partition coefficient (Wildman–Crippen LogP) is 4.15. The van der Waals surface area contributed by atoms with Crippen LogP contribution < -0.4 is 15.0 Å². The van der Waals surface area contributed by atoms with Gasteiger partial charge in [0.15, 0.2) is 11.6 Å². The van der Waals surface area contributed by atoms with Crippen LogP contribution in [0, 0.1) is 5.53 Å². The van der Waals surface area contributed by atoms with Gasteiger partial charge in [-0.3, -0.25) is 4.79 Å². The minimum absolute atomic E-state index is 0.0638. The number of rotatable bonds is 15. The van der Waals surface area contributed by atoms with Gasteiger partial charge in [0, 0.05) is 45.3 Å². The summed E-state index contributed by atoms with van der Waals surface area (Å²) in [5, 5.41) is 16.0. The first kappa shape index (κ1) is 29.6. The maximum absolute atomic E-state index is 14.2. The van der Waals surface area contributed by atoms with Crippen molar-refractivity contribution in [3.8, 4) is 5.75 Å². The van der Waals surface area contributed by atoms with Crippen molar-refractivity contribution in [2.75, 3.05) is 33.5 Å². The van der Waals surface area contributed by atoms with Crippen LogP contribution in [0.4, 0.5) is 0 Å². The molecule has 10 nitrogen and oxygen atoms in total. The summed E-state index contributed by atoms with van der Waals surface area (Å²) in [5.41, 5.74) is 9.05. The molecule has 10 heteroatoms. The van der Waals surface area contributed by atoms with Gasteiger partial charge in [-0.15, -0.1) is 0 Å². The molecule has 214 valence electrons. The van der Waals surface area contributed by atoms with E-state index < -0.39 is 11.6 Å². The predicted molar refractivity (Wildman–Crippen MR) is 154 cm³/mol. The Hall–Kier alpha value is -4.37. The van der Waals surface area contributed by atoms with Gasteiger partial charge in [-0.2, -0.15) is 0 Å². The average molecular weight is 559 g/mol. The number of amides is 1. The Morgan fingerprint density at radius 1 is 1.05 bits per heavy atom. The van der Waals surface area contributed by atoms with Gasteiger partial charge in [-0.05, 0) is 47.4 Å². The topological polar surface area (TPSA) is 140 Å². The van der Waals surface area contributed by atoms with E-state index >= 15 is 0 Å². The molecule has 3 aromatic rings. The summed E-state index contributed by atoms with van der Waals surface area (Å²) < 4.78 is 17.4. The van der Waals surface area contributed by atoms with E-state index in [0.717, 1.165) is 16.7 Å². The zero-order valence-corrected chi connectivity index (χ0v) is 23.2. The van der Waals surface area contributed by atoms with Crippen LogP contribution in [0.25, 0.3) is 0 Å². The van der Waals surface area contributed by atoms with E-state index in [2.05, 4.69) is 15.3 Å². The van der Waals surface area contributed by atoms with Gasteiger partial charge in [0.25, 0.3) is 5.91 Å². The zero-order chi connectivity index (χ0) is 28.9. The number of hydrogen-bond acceptors (Lipinski definition) is 8. The summed E-state index contributed by atoms with van der Waals surface area (Å²) in [5.74, 6) is 0.773. The monoisotopic (exact) mass is 558 g/mol. The van der Waals surface area contributed by atoms with Crippen molar-refractivity contribution in [1.29, 1.82) is 5.53 Å². The van der Waals surface area contributed by atoms with Crippen molar-refractivity contribution in [1.82, 2.24) is 10.2 Å². The molecule has 0 spiro atoms. The number of nitrogens with one attached hydrogen (secondary N) is 2. The highest BCUT2D eigenvalue weighted by Crippen LogP contribution is 2.43. The number of nitrogens with zero attached hydrogens (tertiary/aromatic N) is 3. The van der Waals surface area contributed by atoms with Crippen molar-refractivity contribution in [3.05, 3.63) is 101 Å². The minimum Gasteiger partial charge on any atom is -0.494 e. The van der Waals surface area contributed by atoms with Crippen molar-refractivity contribution in [2.45, 2.75) is 37.5 Å². The molecule has 1 heterocycles. The quantitative estimate of drug-likeness (QED) is 0.146. The number of ether oxygens (including phenoxy) is 3. The molecule has 0 fully saturated rings. The van der Waals surface area contributed by atoms with E-state index in [-0.39, 0.29) is 25.5 Å². The summed E-state index contributed by atoms with van der Waals surface area (Å²) >= 11 is 0. The molecule has 3 N–H and O–H groups in total. The molecule has 0 radical (unpaired) electrons. The van der Waals surface area contributed by atoms with Crippen LogP contribution in [0.1, 0.15) is 41.2 Å². The van der Waals surface area contributed by atoms with Crippen molar-refractivity contribution < 1.29 is 24.1 Å². The number of carbonyl (C=O) groups is 1. The molecule has 1 aliphatic heterocycles. The standard InChI is InChI=1S/C31H35N5O5/c1-39-19-7-17-33-30(38)31(21-25-11-5-6-12-26(25)22-34-36-32)28(23-9-3-2-4-10-23)41-29(35-31)24-13-15-27(16-14-24)40-20-8-18-37/h2-6,9-16,28,32,37H,7-8,17-22H2,1H3/p+1/t28-,31-/m1/s1. The molecule has 0 unspecified atom stereocenters. The molecule has 2 atom stereocenters. The van der Waals surface area contributed by atoms with Crippen LogP contribution in [0.3, 0.4) is 0 Å². The highest BCUT2D eigenvalue weighted by atomic mass is 16.5. The van der Waals surface area contributed by atoms with Crippen LogP contribution in [0.5, 0.6) is 5.75 Å². The molecule has 41 heavy (non-hydrogen) atoms. The molecule has 3 aromatic carbocycles. The SMILES string of the molecule is COCCCNC(=O)[C@]1(Cc2ccccc2CN=[N+]=N)N=C(c2ccc(OCCCO)cc2)O[C@@H]1c1ccccc1. The van der Waals surface area contributed by atoms with Crippen LogP contribution in [-0.2, 0) is 27.2 Å². The summed E-state index contributed by atoms with van der Waals surface area (Å²) in [6, 6.07) is 24.6. The van der Waals surface area contributed by atoms with Gasteiger partial charge in [0.2, 0.25) is 10.8 Å². The fourth-order valence-electron chi connectivity index (χ4n) is 4.77. The largest absolute Gasteiger partial charge is 0.494 e. The number of aliphatic imine (C=N–C) groups is 1. The highest BCUT2D eigenvalue weighted by molar-refractivity contribution is 6.01. The molecule has 0 aliphatic carbocycles. The summed E-state index contributed by atoms with van der Waals surface area (Å²) in [4.78, 5) is 22.4. The van der Waals surface area contributed by atoms with E-state index in [1.54, 1.807) is 7.11 Å². The van der Waals surface area contributed by atoms with Crippen LogP contribution in [0.2, 0.25) is 0 Å². The van der Waals surface area contributed by atoms with Gasteiger partial charge in [-0.1, -0.05) is 54.6 Å². The Bertz CT molecular complexity index is 1360. The minimum atomic E-state index is -1.33. The molecule has 4 rings (SSSR count). The molecule has 1 amide bonds. The lowest BCUT2D eigenvalue weighted by molar-refractivity contribution is -0.129. The summed E-state index contributed by atoms with van der Waals surface area (Å²) in [6.45, 7) is 1.64. The number of methoxy groups -OCH3 is 1.